The molecule has 24 heavy (non-hydrogen) atoms. The maximum Gasteiger partial charge on any atom is 0.389 e. The van der Waals surface area contributed by atoms with Crippen LogP contribution in [0, 0.1) is 5.92 Å². The van der Waals surface area contributed by atoms with E-state index in [4.69, 9.17) is 4.74 Å². The summed E-state index contributed by atoms with van der Waals surface area (Å²) in [6.07, 6.45) is -1.99. The molecule has 1 aliphatic heterocycles. The van der Waals surface area contributed by atoms with Crippen molar-refractivity contribution in [1.29, 1.82) is 0 Å². The topological polar surface area (TPSA) is 29.5 Å². The van der Waals surface area contributed by atoms with Crippen LogP contribution in [0.1, 0.15) is 37.7 Å². The lowest BCUT2D eigenvalue weighted by Crippen LogP contribution is -2.40. The number of benzene rings is 1. The molecule has 134 valence electrons. The number of alkyl halides is 3. The third kappa shape index (κ3) is 6.06. The standard InChI is InChI=1S/C18H24F3NO2/c1-24-16-8-6-14(7-9-16)4-5-15-3-2-12-22(13-15)17(23)10-11-18(19,20)21/h6-9,15H,2-5,10-13H2,1H3. The molecule has 0 aliphatic carbocycles. The number of ether oxygens (including phenoxy) is 1. The molecule has 0 aromatic heterocycles. The quantitative estimate of drug-likeness (QED) is 0.774. The summed E-state index contributed by atoms with van der Waals surface area (Å²) in [5.74, 6) is 0.801. The average Bonchev–Trinajstić information content (AvgIpc) is 2.58. The summed E-state index contributed by atoms with van der Waals surface area (Å²) >= 11 is 0. The minimum atomic E-state index is -4.26. The fraction of sp³-hybridized carbons (Fsp3) is 0.611. The molecule has 0 spiro atoms. The van der Waals surface area contributed by atoms with E-state index in [1.54, 1.807) is 12.0 Å². The van der Waals surface area contributed by atoms with Gasteiger partial charge < -0.3 is 9.64 Å². The minimum Gasteiger partial charge on any atom is -0.497 e. The van der Waals surface area contributed by atoms with Gasteiger partial charge in [0.25, 0.3) is 0 Å². The van der Waals surface area contributed by atoms with Crippen molar-refractivity contribution in [2.75, 3.05) is 20.2 Å². The van der Waals surface area contributed by atoms with Gasteiger partial charge in [-0.05, 0) is 49.3 Å². The second-order valence-electron chi connectivity index (χ2n) is 6.35. The molecule has 1 aromatic carbocycles. The zero-order chi connectivity index (χ0) is 17.6. The SMILES string of the molecule is COc1ccc(CCC2CCCN(C(=O)CCC(F)(F)F)C2)cc1. The van der Waals surface area contributed by atoms with E-state index in [1.807, 2.05) is 24.3 Å². The molecule has 1 saturated heterocycles. The van der Waals surface area contributed by atoms with Gasteiger partial charge in [0.1, 0.15) is 5.75 Å². The average molecular weight is 343 g/mol. The van der Waals surface area contributed by atoms with E-state index < -0.39 is 19.0 Å². The van der Waals surface area contributed by atoms with Gasteiger partial charge in [0.2, 0.25) is 5.91 Å². The molecule has 6 heteroatoms. The van der Waals surface area contributed by atoms with Gasteiger partial charge in [-0.1, -0.05) is 12.1 Å². The Bertz CT molecular complexity index is 528. The summed E-state index contributed by atoms with van der Waals surface area (Å²) in [4.78, 5) is 13.6. The van der Waals surface area contributed by atoms with Crippen molar-refractivity contribution in [1.82, 2.24) is 4.90 Å². The molecule has 1 fully saturated rings. The first kappa shape index (κ1) is 18.6. The summed E-state index contributed by atoms with van der Waals surface area (Å²) in [5.41, 5.74) is 1.20. The van der Waals surface area contributed by atoms with Gasteiger partial charge in [0, 0.05) is 19.5 Å². The van der Waals surface area contributed by atoms with Crippen molar-refractivity contribution < 1.29 is 22.7 Å². The predicted molar refractivity (Wildman–Crippen MR) is 85.9 cm³/mol. The molecule has 1 aliphatic rings. The number of likely N-dealkylation sites (tertiary alicyclic amines) is 1. The van der Waals surface area contributed by atoms with Crippen molar-refractivity contribution >= 4 is 5.91 Å². The lowest BCUT2D eigenvalue weighted by Gasteiger charge is -2.33. The lowest BCUT2D eigenvalue weighted by molar-refractivity contribution is -0.150. The molecule has 3 nitrogen and oxygen atoms in total. The van der Waals surface area contributed by atoms with Crippen LogP contribution in [0.2, 0.25) is 0 Å². The number of hydrogen-bond acceptors (Lipinski definition) is 2. The van der Waals surface area contributed by atoms with Crippen LogP contribution in [0.25, 0.3) is 0 Å². The van der Waals surface area contributed by atoms with Gasteiger partial charge in [0.05, 0.1) is 13.5 Å². The zero-order valence-corrected chi connectivity index (χ0v) is 13.9. The Morgan fingerprint density at radius 2 is 2.00 bits per heavy atom. The normalized spacial score (nSPS) is 18.5. The second kappa shape index (κ2) is 8.40. The Kier molecular flexibility index (Phi) is 6.52. The molecular formula is C18H24F3NO2. The van der Waals surface area contributed by atoms with Crippen LogP contribution in [-0.4, -0.2) is 37.2 Å². The predicted octanol–water partition coefficient (Wildman–Crippen LogP) is 4.21. The van der Waals surface area contributed by atoms with E-state index in [9.17, 15) is 18.0 Å². The maximum absolute atomic E-state index is 12.2. The number of aryl methyl sites for hydroxylation is 1. The first-order chi connectivity index (χ1) is 11.4. The fourth-order valence-electron chi connectivity index (χ4n) is 3.10. The van der Waals surface area contributed by atoms with Crippen LogP contribution in [0.3, 0.4) is 0 Å². The van der Waals surface area contributed by atoms with Crippen molar-refractivity contribution in [2.24, 2.45) is 5.92 Å². The Labute approximate surface area is 140 Å². The van der Waals surface area contributed by atoms with Crippen LogP contribution in [0.15, 0.2) is 24.3 Å². The first-order valence-electron chi connectivity index (χ1n) is 8.35. The number of carbonyl (C=O) groups is 1. The summed E-state index contributed by atoms with van der Waals surface area (Å²) in [5, 5.41) is 0. The molecule has 1 amide bonds. The third-order valence-electron chi connectivity index (χ3n) is 4.49. The molecule has 2 rings (SSSR count). The van der Waals surface area contributed by atoms with Crippen molar-refractivity contribution in [3.63, 3.8) is 0 Å². The molecule has 1 unspecified atom stereocenters. The number of methoxy groups -OCH3 is 1. The van der Waals surface area contributed by atoms with E-state index in [-0.39, 0.29) is 5.91 Å². The molecule has 1 atom stereocenters. The van der Waals surface area contributed by atoms with Crippen LogP contribution in [0.4, 0.5) is 13.2 Å². The summed E-state index contributed by atoms with van der Waals surface area (Å²) in [6.45, 7) is 1.16. The van der Waals surface area contributed by atoms with Gasteiger partial charge >= 0.3 is 6.18 Å². The Morgan fingerprint density at radius 3 is 2.62 bits per heavy atom. The molecule has 0 bridgehead atoms. The van der Waals surface area contributed by atoms with E-state index in [0.717, 1.165) is 31.4 Å². The maximum atomic E-state index is 12.2. The number of hydrogen-bond donors (Lipinski definition) is 0. The Morgan fingerprint density at radius 1 is 1.29 bits per heavy atom. The van der Waals surface area contributed by atoms with E-state index >= 15 is 0 Å². The zero-order valence-electron chi connectivity index (χ0n) is 13.9. The van der Waals surface area contributed by atoms with Crippen LogP contribution in [-0.2, 0) is 11.2 Å². The summed E-state index contributed by atoms with van der Waals surface area (Å²) in [6, 6.07) is 7.88. The number of amides is 1. The van der Waals surface area contributed by atoms with Gasteiger partial charge in [-0.15, -0.1) is 0 Å². The molecule has 1 heterocycles. The second-order valence-corrected chi connectivity index (χ2v) is 6.35. The highest BCUT2D eigenvalue weighted by molar-refractivity contribution is 5.76. The Balaban J connectivity index is 1.78. The van der Waals surface area contributed by atoms with E-state index in [2.05, 4.69) is 0 Å². The van der Waals surface area contributed by atoms with Crippen LogP contribution >= 0.6 is 0 Å². The molecule has 0 N–H and O–H groups in total. The van der Waals surface area contributed by atoms with Gasteiger partial charge in [-0.2, -0.15) is 13.2 Å². The smallest absolute Gasteiger partial charge is 0.389 e. The summed E-state index contributed by atoms with van der Waals surface area (Å²) in [7, 11) is 1.63. The lowest BCUT2D eigenvalue weighted by atomic mass is 9.91. The van der Waals surface area contributed by atoms with E-state index in [1.165, 1.54) is 5.56 Å². The molecule has 1 aromatic rings. The molecule has 0 saturated carbocycles. The van der Waals surface area contributed by atoms with Crippen LogP contribution in [0.5, 0.6) is 5.75 Å². The molecular weight excluding hydrogens is 319 g/mol. The number of halogens is 3. The van der Waals surface area contributed by atoms with Crippen molar-refractivity contribution in [3.05, 3.63) is 29.8 Å². The fourth-order valence-corrected chi connectivity index (χ4v) is 3.10. The van der Waals surface area contributed by atoms with Gasteiger partial charge in [-0.3, -0.25) is 4.79 Å². The highest BCUT2D eigenvalue weighted by Gasteiger charge is 2.30. The van der Waals surface area contributed by atoms with Crippen LogP contribution < -0.4 is 4.74 Å². The Hall–Kier alpha value is -1.72. The highest BCUT2D eigenvalue weighted by Crippen LogP contribution is 2.25. The van der Waals surface area contributed by atoms with Gasteiger partial charge in [0.15, 0.2) is 0 Å². The largest absolute Gasteiger partial charge is 0.497 e. The monoisotopic (exact) mass is 343 g/mol. The number of rotatable bonds is 6. The van der Waals surface area contributed by atoms with Gasteiger partial charge in [-0.25, -0.2) is 0 Å². The highest BCUT2D eigenvalue weighted by atomic mass is 19.4. The number of carbonyl (C=O) groups excluding carboxylic acids is 1. The van der Waals surface area contributed by atoms with Crippen molar-refractivity contribution in [3.8, 4) is 5.75 Å². The minimum absolute atomic E-state index is 0.357. The van der Waals surface area contributed by atoms with E-state index in [0.29, 0.717) is 19.0 Å². The molecule has 0 radical (unpaired) electrons. The number of piperidine rings is 1. The van der Waals surface area contributed by atoms with Crippen molar-refractivity contribution in [2.45, 2.75) is 44.7 Å². The third-order valence-corrected chi connectivity index (χ3v) is 4.49. The number of nitrogens with zero attached hydrogens (tertiary/aromatic N) is 1. The first-order valence-corrected chi connectivity index (χ1v) is 8.35. The summed E-state index contributed by atoms with van der Waals surface area (Å²) < 4.78 is 41.9.